The van der Waals surface area contributed by atoms with Crippen LogP contribution in [0.2, 0.25) is 0 Å². The number of azo groups is 1. The highest BCUT2D eigenvalue weighted by Gasteiger charge is 2.16. The van der Waals surface area contributed by atoms with Gasteiger partial charge in [-0.15, -0.1) is 5.11 Å². The molecule has 0 aliphatic heterocycles. The molecule has 0 unspecified atom stereocenters. The minimum Gasteiger partial charge on any atom is -0.506 e. The number of phenols is 1. The van der Waals surface area contributed by atoms with E-state index in [9.17, 15) is 13.5 Å². The van der Waals surface area contributed by atoms with Gasteiger partial charge in [-0.1, -0.05) is 18.2 Å². The number of rotatable bonds is 3. The molecule has 0 aromatic heterocycles. The highest BCUT2D eigenvalue weighted by Crippen LogP contribution is 2.32. The standard InChI is InChI=1S/C13H12N2O4S/c1-9-7-11(12(16)8-13(9)20(17,18)19)15-14-10-5-3-2-4-6-10/h2-8,16H,1H3,(H,17,18,19). The lowest BCUT2D eigenvalue weighted by molar-refractivity contribution is 0.466. The third-order valence-electron chi connectivity index (χ3n) is 2.58. The highest BCUT2D eigenvalue weighted by atomic mass is 32.2. The minimum atomic E-state index is -4.37. The summed E-state index contributed by atoms with van der Waals surface area (Å²) in [5, 5.41) is 17.5. The van der Waals surface area contributed by atoms with E-state index < -0.39 is 10.1 Å². The van der Waals surface area contributed by atoms with E-state index in [1.165, 1.54) is 13.0 Å². The molecule has 0 aliphatic carbocycles. The smallest absolute Gasteiger partial charge is 0.294 e. The molecule has 0 saturated carbocycles. The summed E-state index contributed by atoms with van der Waals surface area (Å²) in [6, 6.07) is 11.2. The molecular formula is C13H12N2O4S. The van der Waals surface area contributed by atoms with Gasteiger partial charge in [-0.2, -0.15) is 13.5 Å². The maximum Gasteiger partial charge on any atom is 0.294 e. The van der Waals surface area contributed by atoms with E-state index in [4.69, 9.17) is 4.55 Å². The molecule has 0 saturated heterocycles. The summed E-state index contributed by atoms with van der Waals surface area (Å²) in [7, 11) is -4.37. The molecular weight excluding hydrogens is 280 g/mol. The molecule has 6 nitrogen and oxygen atoms in total. The average Bonchev–Trinajstić information content (AvgIpc) is 2.39. The fourth-order valence-electron chi connectivity index (χ4n) is 1.63. The van der Waals surface area contributed by atoms with Gasteiger partial charge in [0.2, 0.25) is 0 Å². The van der Waals surface area contributed by atoms with E-state index in [0.717, 1.165) is 6.07 Å². The molecule has 0 spiro atoms. The number of benzene rings is 2. The average molecular weight is 292 g/mol. The van der Waals surface area contributed by atoms with Crippen molar-refractivity contribution in [3.8, 4) is 5.75 Å². The molecule has 2 aromatic carbocycles. The number of aryl methyl sites for hydroxylation is 1. The van der Waals surface area contributed by atoms with E-state index in [2.05, 4.69) is 10.2 Å². The van der Waals surface area contributed by atoms with Crippen LogP contribution >= 0.6 is 0 Å². The molecule has 0 bridgehead atoms. The SMILES string of the molecule is Cc1cc(N=Nc2ccccc2)c(O)cc1S(=O)(=O)O. The van der Waals surface area contributed by atoms with E-state index >= 15 is 0 Å². The Labute approximate surface area is 116 Å². The van der Waals surface area contributed by atoms with Gasteiger partial charge < -0.3 is 5.11 Å². The van der Waals surface area contributed by atoms with Gasteiger partial charge in [0.1, 0.15) is 16.3 Å². The van der Waals surface area contributed by atoms with Gasteiger partial charge in [-0.3, -0.25) is 4.55 Å². The Balaban J connectivity index is 2.40. The Hall–Kier alpha value is -2.25. The fourth-order valence-corrected chi connectivity index (χ4v) is 2.35. The van der Waals surface area contributed by atoms with Gasteiger partial charge in [0, 0.05) is 6.07 Å². The topological polar surface area (TPSA) is 99.3 Å². The second kappa shape index (κ2) is 5.40. The minimum absolute atomic E-state index is 0.124. The van der Waals surface area contributed by atoms with Gasteiger partial charge in [0.25, 0.3) is 10.1 Å². The van der Waals surface area contributed by atoms with Crippen molar-refractivity contribution in [1.82, 2.24) is 0 Å². The van der Waals surface area contributed by atoms with Gasteiger partial charge in [0.15, 0.2) is 0 Å². The lowest BCUT2D eigenvalue weighted by Crippen LogP contribution is -2.00. The normalized spacial score (nSPS) is 11.9. The van der Waals surface area contributed by atoms with Crippen molar-refractivity contribution >= 4 is 21.5 Å². The Morgan fingerprint density at radius 2 is 1.70 bits per heavy atom. The maximum absolute atomic E-state index is 11.1. The maximum atomic E-state index is 11.1. The summed E-state index contributed by atoms with van der Waals surface area (Å²) in [6.45, 7) is 1.49. The lowest BCUT2D eigenvalue weighted by Gasteiger charge is -2.05. The molecule has 7 heteroatoms. The highest BCUT2D eigenvalue weighted by molar-refractivity contribution is 7.85. The number of hydrogen-bond donors (Lipinski definition) is 2. The van der Waals surface area contributed by atoms with E-state index in [1.807, 2.05) is 6.07 Å². The first-order valence-electron chi connectivity index (χ1n) is 5.66. The first-order chi connectivity index (χ1) is 9.38. The molecule has 2 rings (SSSR count). The molecule has 104 valence electrons. The van der Waals surface area contributed by atoms with Crippen molar-refractivity contribution < 1.29 is 18.1 Å². The van der Waals surface area contributed by atoms with Crippen LogP contribution in [-0.4, -0.2) is 18.1 Å². The Bertz CT molecular complexity index is 755. The van der Waals surface area contributed by atoms with Crippen LogP contribution in [0, 0.1) is 6.92 Å². The van der Waals surface area contributed by atoms with Crippen molar-refractivity contribution in [3.05, 3.63) is 48.0 Å². The Morgan fingerprint density at radius 3 is 2.30 bits per heavy atom. The van der Waals surface area contributed by atoms with Crippen LogP contribution in [0.25, 0.3) is 0 Å². The second-order valence-electron chi connectivity index (χ2n) is 4.12. The molecule has 20 heavy (non-hydrogen) atoms. The van der Waals surface area contributed by atoms with Crippen LogP contribution in [0.1, 0.15) is 5.56 Å². The molecule has 0 radical (unpaired) electrons. The van der Waals surface area contributed by atoms with Crippen molar-refractivity contribution in [2.24, 2.45) is 10.2 Å². The zero-order valence-electron chi connectivity index (χ0n) is 10.6. The Kier molecular flexibility index (Phi) is 3.82. The molecule has 0 heterocycles. The summed E-state index contributed by atoms with van der Waals surface area (Å²) in [4.78, 5) is -0.353. The third-order valence-corrected chi connectivity index (χ3v) is 3.58. The van der Waals surface area contributed by atoms with Crippen molar-refractivity contribution in [1.29, 1.82) is 0 Å². The Morgan fingerprint density at radius 1 is 1.05 bits per heavy atom. The fraction of sp³-hybridized carbons (Fsp3) is 0.0769. The largest absolute Gasteiger partial charge is 0.506 e. The first-order valence-corrected chi connectivity index (χ1v) is 7.10. The summed E-state index contributed by atoms with van der Waals surface area (Å²) in [5.41, 5.74) is 0.995. The quantitative estimate of drug-likeness (QED) is 0.669. The molecule has 2 N–H and O–H groups in total. The molecule has 0 fully saturated rings. The van der Waals surface area contributed by atoms with E-state index in [-0.39, 0.29) is 21.9 Å². The molecule has 0 atom stereocenters. The van der Waals surface area contributed by atoms with Crippen LogP contribution in [-0.2, 0) is 10.1 Å². The second-order valence-corrected chi connectivity index (χ2v) is 5.51. The molecule has 2 aromatic rings. The number of nitrogens with zero attached hydrogens (tertiary/aromatic N) is 2. The van der Waals surface area contributed by atoms with E-state index in [1.54, 1.807) is 24.3 Å². The molecule has 0 amide bonds. The summed E-state index contributed by atoms with van der Waals surface area (Å²) in [6.07, 6.45) is 0. The number of aromatic hydroxyl groups is 1. The van der Waals surface area contributed by atoms with Crippen LogP contribution in [0.15, 0.2) is 57.6 Å². The third kappa shape index (κ3) is 3.19. The molecule has 0 aliphatic rings. The van der Waals surface area contributed by atoms with E-state index in [0.29, 0.717) is 5.69 Å². The van der Waals surface area contributed by atoms with Gasteiger partial charge in [-0.25, -0.2) is 0 Å². The van der Waals surface area contributed by atoms with Gasteiger partial charge in [0.05, 0.1) is 5.69 Å². The number of hydrogen-bond acceptors (Lipinski definition) is 5. The van der Waals surface area contributed by atoms with Crippen LogP contribution < -0.4 is 0 Å². The summed E-state index contributed by atoms with van der Waals surface area (Å²) in [5.74, 6) is -0.372. The zero-order chi connectivity index (χ0) is 14.8. The number of phenolic OH excluding ortho intramolecular Hbond substituents is 1. The summed E-state index contributed by atoms with van der Waals surface area (Å²) < 4.78 is 31.2. The lowest BCUT2D eigenvalue weighted by atomic mass is 10.2. The zero-order valence-corrected chi connectivity index (χ0v) is 11.4. The monoisotopic (exact) mass is 292 g/mol. The van der Waals surface area contributed by atoms with Crippen LogP contribution in [0.5, 0.6) is 5.75 Å². The van der Waals surface area contributed by atoms with Crippen LogP contribution in [0.3, 0.4) is 0 Å². The van der Waals surface area contributed by atoms with Gasteiger partial charge in [-0.05, 0) is 30.7 Å². The predicted octanol–water partition coefficient (Wildman–Crippen LogP) is 3.36. The van der Waals surface area contributed by atoms with Crippen molar-refractivity contribution in [2.75, 3.05) is 0 Å². The first kappa shape index (κ1) is 14.2. The predicted molar refractivity (Wildman–Crippen MR) is 73.3 cm³/mol. The van der Waals surface area contributed by atoms with Crippen molar-refractivity contribution in [2.45, 2.75) is 11.8 Å². The van der Waals surface area contributed by atoms with Crippen LogP contribution in [0.4, 0.5) is 11.4 Å². The van der Waals surface area contributed by atoms with Crippen molar-refractivity contribution in [3.63, 3.8) is 0 Å². The van der Waals surface area contributed by atoms with Gasteiger partial charge >= 0.3 is 0 Å². The summed E-state index contributed by atoms with van der Waals surface area (Å²) >= 11 is 0.